The van der Waals surface area contributed by atoms with E-state index in [0.29, 0.717) is 0 Å². The third-order valence-corrected chi connectivity index (χ3v) is 3.53. The number of nitro groups is 1. The molecule has 2 aromatic heterocycles. The van der Waals surface area contributed by atoms with Crippen molar-refractivity contribution in [1.82, 2.24) is 19.6 Å². The van der Waals surface area contributed by atoms with E-state index in [9.17, 15) is 10.1 Å². The predicted molar refractivity (Wildman–Crippen MR) is 74.5 cm³/mol. The summed E-state index contributed by atoms with van der Waals surface area (Å²) in [4.78, 5) is 10.3. The molecule has 1 atom stereocenters. The molecule has 0 aliphatic heterocycles. The Kier molecular flexibility index (Phi) is 3.47. The Morgan fingerprint density at radius 1 is 1.50 bits per heavy atom. The smallest absolute Gasteiger partial charge is 0.330 e. The number of hydrogen-bond acceptors (Lipinski definition) is 5. The van der Waals surface area contributed by atoms with Gasteiger partial charge in [-0.2, -0.15) is 10.2 Å². The fraction of sp³-hybridized carbons (Fsp3) is 0.500. The van der Waals surface area contributed by atoms with Crippen LogP contribution in [0.4, 0.5) is 11.5 Å². The number of aromatic nitrogens is 4. The van der Waals surface area contributed by atoms with Crippen molar-refractivity contribution >= 4 is 11.5 Å². The second-order valence-corrected chi connectivity index (χ2v) is 4.69. The van der Waals surface area contributed by atoms with E-state index in [1.807, 2.05) is 32.4 Å². The molecule has 0 fully saturated rings. The predicted octanol–water partition coefficient (Wildman–Crippen LogP) is 1.82. The van der Waals surface area contributed by atoms with Crippen LogP contribution in [0, 0.1) is 24.0 Å². The molecule has 8 heteroatoms. The Labute approximate surface area is 116 Å². The Morgan fingerprint density at radius 2 is 2.15 bits per heavy atom. The minimum Gasteiger partial charge on any atom is -0.378 e. The zero-order valence-corrected chi connectivity index (χ0v) is 12.0. The summed E-state index contributed by atoms with van der Waals surface area (Å²) in [5, 5.41) is 19.3. The maximum Gasteiger partial charge on any atom is 0.330 e. The molecule has 1 unspecified atom stereocenters. The van der Waals surface area contributed by atoms with Gasteiger partial charge < -0.3 is 5.73 Å². The molecule has 0 aliphatic rings. The van der Waals surface area contributed by atoms with Crippen LogP contribution in [0.2, 0.25) is 0 Å². The van der Waals surface area contributed by atoms with Crippen LogP contribution in [0.5, 0.6) is 0 Å². The average molecular weight is 278 g/mol. The summed E-state index contributed by atoms with van der Waals surface area (Å²) < 4.78 is 3.37. The summed E-state index contributed by atoms with van der Waals surface area (Å²) in [6, 6.07) is -0.205. The number of aryl methyl sites for hydroxylation is 2. The largest absolute Gasteiger partial charge is 0.378 e. The zero-order chi connectivity index (χ0) is 15.0. The van der Waals surface area contributed by atoms with E-state index < -0.39 is 4.92 Å². The SMILES string of the molecule is CCn1nc(C)c(C(C)n2ncc([N+](=O)[O-])c2N)c1C. The topological polar surface area (TPSA) is 105 Å². The number of hydrogen-bond donors (Lipinski definition) is 1. The van der Waals surface area contributed by atoms with E-state index in [4.69, 9.17) is 5.73 Å². The van der Waals surface area contributed by atoms with Gasteiger partial charge in [0.15, 0.2) is 0 Å². The van der Waals surface area contributed by atoms with Gasteiger partial charge in [-0.25, -0.2) is 4.68 Å². The molecule has 108 valence electrons. The van der Waals surface area contributed by atoms with Gasteiger partial charge in [-0.1, -0.05) is 0 Å². The van der Waals surface area contributed by atoms with Gasteiger partial charge in [0, 0.05) is 17.8 Å². The van der Waals surface area contributed by atoms with Crippen molar-refractivity contribution in [3.8, 4) is 0 Å². The van der Waals surface area contributed by atoms with E-state index in [2.05, 4.69) is 10.2 Å². The van der Waals surface area contributed by atoms with Crippen LogP contribution in [0.1, 0.15) is 36.8 Å². The standard InChI is InChI=1S/C12H18N6O2/c1-5-16-8(3)11(7(2)15-16)9(4)17-12(13)10(6-14-17)18(19)20/h6,9H,5,13H2,1-4H3. The van der Waals surface area contributed by atoms with Crippen molar-refractivity contribution in [3.63, 3.8) is 0 Å². The Bertz CT molecular complexity index is 657. The summed E-state index contributed by atoms with van der Waals surface area (Å²) in [7, 11) is 0. The molecule has 2 N–H and O–H groups in total. The molecule has 0 spiro atoms. The molecule has 20 heavy (non-hydrogen) atoms. The summed E-state index contributed by atoms with van der Waals surface area (Å²) >= 11 is 0. The first-order valence-corrected chi connectivity index (χ1v) is 6.39. The van der Waals surface area contributed by atoms with Gasteiger partial charge >= 0.3 is 5.69 Å². The van der Waals surface area contributed by atoms with Crippen LogP contribution in [0.25, 0.3) is 0 Å². The summed E-state index contributed by atoms with van der Waals surface area (Å²) in [5.41, 5.74) is 8.55. The van der Waals surface area contributed by atoms with Crippen LogP contribution in [-0.4, -0.2) is 24.5 Å². The first-order chi connectivity index (χ1) is 9.38. The molecule has 2 aromatic rings. The molecule has 0 saturated heterocycles. The molecule has 0 aromatic carbocycles. The highest BCUT2D eigenvalue weighted by atomic mass is 16.6. The molecular formula is C12H18N6O2. The van der Waals surface area contributed by atoms with Gasteiger partial charge in [0.2, 0.25) is 5.82 Å². The monoisotopic (exact) mass is 278 g/mol. The normalized spacial score (nSPS) is 12.6. The lowest BCUT2D eigenvalue weighted by Crippen LogP contribution is -2.13. The van der Waals surface area contributed by atoms with Crippen LogP contribution in [0.15, 0.2) is 6.20 Å². The lowest BCUT2D eigenvalue weighted by Gasteiger charge is -2.14. The van der Waals surface area contributed by atoms with Gasteiger partial charge in [0.25, 0.3) is 0 Å². The van der Waals surface area contributed by atoms with Gasteiger partial charge in [0.05, 0.1) is 16.7 Å². The number of nitrogens with zero attached hydrogens (tertiary/aromatic N) is 5. The maximum atomic E-state index is 10.8. The molecule has 0 aliphatic carbocycles. The first kappa shape index (κ1) is 14.0. The summed E-state index contributed by atoms with van der Waals surface area (Å²) in [5.74, 6) is 0.0607. The second kappa shape index (κ2) is 4.95. The number of nitrogen functional groups attached to an aromatic ring is 1. The molecule has 0 saturated carbocycles. The van der Waals surface area contributed by atoms with Crippen LogP contribution in [-0.2, 0) is 6.54 Å². The van der Waals surface area contributed by atoms with E-state index in [0.717, 1.165) is 23.5 Å². The summed E-state index contributed by atoms with van der Waals surface area (Å²) in [6.07, 6.45) is 1.18. The van der Waals surface area contributed by atoms with Crippen LogP contribution >= 0.6 is 0 Å². The van der Waals surface area contributed by atoms with Gasteiger partial charge in [-0.3, -0.25) is 14.8 Å². The van der Waals surface area contributed by atoms with Crippen LogP contribution < -0.4 is 5.73 Å². The molecule has 2 heterocycles. The third-order valence-electron chi connectivity index (χ3n) is 3.53. The first-order valence-electron chi connectivity index (χ1n) is 6.39. The Morgan fingerprint density at radius 3 is 2.60 bits per heavy atom. The highest BCUT2D eigenvalue weighted by Crippen LogP contribution is 2.30. The Hall–Kier alpha value is -2.38. The lowest BCUT2D eigenvalue weighted by molar-refractivity contribution is -0.384. The van der Waals surface area contributed by atoms with Crippen molar-refractivity contribution in [2.75, 3.05) is 5.73 Å². The number of rotatable bonds is 4. The van der Waals surface area contributed by atoms with Gasteiger partial charge in [-0.15, -0.1) is 0 Å². The molecule has 0 bridgehead atoms. The molecule has 0 amide bonds. The Balaban J connectivity index is 2.49. The van der Waals surface area contributed by atoms with Crippen LogP contribution in [0.3, 0.4) is 0 Å². The van der Waals surface area contributed by atoms with Crippen molar-refractivity contribution < 1.29 is 4.92 Å². The van der Waals surface area contributed by atoms with Crippen molar-refractivity contribution in [3.05, 3.63) is 33.3 Å². The van der Waals surface area contributed by atoms with E-state index in [-0.39, 0.29) is 17.5 Å². The molecule has 0 radical (unpaired) electrons. The quantitative estimate of drug-likeness (QED) is 0.678. The number of nitrogens with two attached hydrogens (primary N) is 1. The van der Waals surface area contributed by atoms with Gasteiger partial charge in [0.1, 0.15) is 6.20 Å². The lowest BCUT2D eigenvalue weighted by atomic mass is 10.1. The van der Waals surface area contributed by atoms with Crippen molar-refractivity contribution in [1.29, 1.82) is 0 Å². The fourth-order valence-electron chi connectivity index (χ4n) is 2.56. The third kappa shape index (κ3) is 2.02. The van der Waals surface area contributed by atoms with E-state index in [1.165, 1.54) is 10.9 Å². The molecule has 2 rings (SSSR count). The molecule has 8 nitrogen and oxygen atoms in total. The van der Waals surface area contributed by atoms with Crippen molar-refractivity contribution in [2.45, 2.75) is 40.3 Å². The fourth-order valence-corrected chi connectivity index (χ4v) is 2.56. The second-order valence-electron chi connectivity index (χ2n) is 4.69. The van der Waals surface area contributed by atoms with E-state index in [1.54, 1.807) is 0 Å². The maximum absolute atomic E-state index is 10.8. The summed E-state index contributed by atoms with van der Waals surface area (Å²) in [6.45, 7) is 8.59. The average Bonchev–Trinajstić information content (AvgIpc) is 2.89. The molecular weight excluding hydrogens is 260 g/mol. The number of anilines is 1. The van der Waals surface area contributed by atoms with Crippen molar-refractivity contribution in [2.24, 2.45) is 0 Å². The van der Waals surface area contributed by atoms with E-state index >= 15 is 0 Å². The minimum absolute atomic E-state index is 0.0607. The van der Waals surface area contributed by atoms with Gasteiger partial charge in [-0.05, 0) is 27.7 Å². The minimum atomic E-state index is -0.527. The highest BCUT2D eigenvalue weighted by molar-refractivity contribution is 5.52. The zero-order valence-electron chi connectivity index (χ0n) is 12.0. The highest BCUT2D eigenvalue weighted by Gasteiger charge is 2.25.